The van der Waals surface area contributed by atoms with Crippen LogP contribution in [0.2, 0.25) is 0 Å². The fraction of sp³-hybridized carbons (Fsp3) is 0.256. The Morgan fingerprint density at radius 1 is 0.917 bits per heavy atom. The number of hydrogen-bond acceptors (Lipinski definition) is 7. The molecule has 0 radical (unpaired) electrons. The van der Waals surface area contributed by atoms with Crippen LogP contribution in [0.5, 0.6) is 0 Å². The lowest BCUT2D eigenvalue weighted by Gasteiger charge is -2.31. The van der Waals surface area contributed by atoms with Gasteiger partial charge in [-0.3, -0.25) is 4.79 Å². The van der Waals surface area contributed by atoms with Crippen molar-refractivity contribution in [1.29, 1.82) is 0 Å². The normalized spacial score (nSPS) is 11.7. The second-order valence-electron chi connectivity index (χ2n) is 11.2. The van der Waals surface area contributed by atoms with E-state index in [0.717, 1.165) is 28.6 Å². The first-order valence-corrected chi connectivity index (χ1v) is 16.6. The van der Waals surface area contributed by atoms with Gasteiger partial charge in [-0.1, -0.05) is 76.7 Å². The lowest BCUT2D eigenvalue weighted by molar-refractivity contribution is 0.102. The number of aliphatic hydroxyl groups is 1. The third kappa shape index (κ3) is 12.8. The van der Waals surface area contributed by atoms with E-state index >= 15 is 0 Å². The third-order valence-electron chi connectivity index (χ3n) is 6.95. The standard InChI is InChI=1S/C35H40FN5O2S.C2H6.C2H2/c1-23(2)21-41(44-30-16-14-29(37)15-17-30)22-34(42)33(19-25-7-5-4-6-8-25)39-24(3)26-9-11-27(12-10-26)35(43)40-32-18-13-28(36)20-31(32)38;2*1-2/h4-18,20,23,33-34,39,42H,3,19,21-22,37-38H2,1-2H3,(H,40,43);1-2H3;1-2H. The summed E-state index contributed by atoms with van der Waals surface area (Å²) in [6.07, 6.45) is 7.86. The van der Waals surface area contributed by atoms with E-state index in [1.165, 1.54) is 12.1 Å². The molecule has 4 rings (SSSR count). The molecule has 9 heteroatoms. The van der Waals surface area contributed by atoms with Crippen LogP contribution >= 0.6 is 11.9 Å². The molecule has 0 aromatic heterocycles. The predicted molar refractivity (Wildman–Crippen MR) is 202 cm³/mol. The fourth-order valence-corrected chi connectivity index (χ4v) is 5.85. The zero-order valence-electron chi connectivity index (χ0n) is 28.2. The molecule has 0 bridgehead atoms. The topological polar surface area (TPSA) is 117 Å². The molecule has 0 saturated carbocycles. The van der Waals surface area contributed by atoms with E-state index < -0.39 is 11.9 Å². The largest absolute Gasteiger partial charge is 0.399 e. The smallest absolute Gasteiger partial charge is 0.255 e. The van der Waals surface area contributed by atoms with Crippen molar-refractivity contribution in [3.8, 4) is 12.8 Å². The van der Waals surface area contributed by atoms with Gasteiger partial charge in [0.05, 0.1) is 23.5 Å². The molecule has 4 aromatic carbocycles. The van der Waals surface area contributed by atoms with Crippen LogP contribution < -0.4 is 22.1 Å². The van der Waals surface area contributed by atoms with E-state index in [2.05, 4.69) is 48.2 Å². The fourth-order valence-electron chi connectivity index (χ4n) is 4.69. The number of amides is 1. The zero-order chi connectivity index (χ0) is 35.6. The minimum atomic E-state index is -0.724. The van der Waals surface area contributed by atoms with Gasteiger partial charge in [-0.15, -0.1) is 12.8 Å². The number of nitrogens with zero attached hydrogens (tertiary/aromatic N) is 1. The van der Waals surface area contributed by atoms with Gasteiger partial charge in [0, 0.05) is 34.9 Å². The van der Waals surface area contributed by atoms with Gasteiger partial charge in [0.1, 0.15) is 5.82 Å². The Bertz CT molecular complexity index is 1580. The number of carbonyl (C=O) groups is 1. The number of halogens is 1. The van der Waals surface area contributed by atoms with Crippen molar-refractivity contribution < 1.29 is 14.3 Å². The second kappa shape index (κ2) is 20.5. The van der Waals surface area contributed by atoms with Gasteiger partial charge in [-0.2, -0.15) is 0 Å². The van der Waals surface area contributed by atoms with E-state index in [4.69, 9.17) is 11.5 Å². The van der Waals surface area contributed by atoms with Gasteiger partial charge in [0.15, 0.2) is 0 Å². The van der Waals surface area contributed by atoms with Crippen LogP contribution in [-0.2, 0) is 6.42 Å². The lowest BCUT2D eigenvalue weighted by atomic mass is 9.99. The molecule has 7 N–H and O–H groups in total. The summed E-state index contributed by atoms with van der Waals surface area (Å²) < 4.78 is 15.6. The number of nitrogen functional groups attached to an aromatic ring is 2. The van der Waals surface area contributed by atoms with Crippen LogP contribution in [-0.4, -0.2) is 40.6 Å². The van der Waals surface area contributed by atoms with Crippen molar-refractivity contribution in [2.24, 2.45) is 5.92 Å². The van der Waals surface area contributed by atoms with E-state index in [0.29, 0.717) is 41.5 Å². The van der Waals surface area contributed by atoms with Gasteiger partial charge in [0.25, 0.3) is 5.91 Å². The predicted octanol–water partition coefficient (Wildman–Crippen LogP) is 7.72. The molecule has 0 aliphatic carbocycles. The Balaban J connectivity index is 0.00000193. The monoisotopic (exact) mass is 669 g/mol. The van der Waals surface area contributed by atoms with Crippen molar-refractivity contribution >= 4 is 40.6 Å². The van der Waals surface area contributed by atoms with Crippen molar-refractivity contribution in [2.45, 2.75) is 51.2 Å². The first-order chi connectivity index (χ1) is 23.1. The lowest BCUT2D eigenvalue weighted by Crippen LogP contribution is -2.46. The first kappa shape index (κ1) is 39.4. The molecule has 2 unspecified atom stereocenters. The Labute approximate surface area is 289 Å². The first-order valence-electron chi connectivity index (χ1n) is 15.8. The minimum absolute atomic E-state index is 0.148. The Hall–Kier alpha value is -4.75. The molecule has 7 nitrogen and oxygen atoms in total. The highest BCUT2D eigenvalue weighted by Gasteiger charge is 2.24. The summed E-state index contributed by atoms with van der Waals surface area (Å²) in [5.41, 5.74) is 15.8. The van der Waals surface area contributed by atoms with E-state index in [-0.39, 0.29) is 17.6 Å². The number of carbonyl (C=O) groups excluding carboxylic acids is 1. The summed E-state index contributed by atoms with van der Waals surface area (Å²) >= 11 is 1.60. The molecule has 4 aromatic rings. The quantitative estimate of drug-likeness (QED) is 0.0531. The average Bonchev–Trinajstić information content (AvgIpc) is 3.08. The van der Waals surface area contributed by atoms with Crippen LogP contribution in [0, 0.1) is 24.6 Å². The molecule has 48 heavy (non-hydrogen) atoms. The summed E-state index contributed by atoms with van der Waals surface area (Å²) in [5, 5.41) is 17.8. The molecule has 0 fully saturated rings. The Morgan fingerprint density at radius 2 is 1.52 bits per heavy atom. The molecule has 254 valence electrons. The maximum Gasteiger partial charge on any atom is 0.255 e. The molecule has 2 atom stereocenters. The zero-order valence-corrected chi connectivity index (χ0v) is 29.0. The highest BCUT2D eigenvalue weighted by Crippen LogP contribution is 2.26. The van der Waals surface area contributed by atoms with Crippen LogP contribution in [0.1, 0.15) is 49.2 Å². The van der Waals surface area contributed by atoms with Crippen LogP contribution in [0.4, 0.5) is 21.5 Å². The van der Waals surface area contributed by atoms with Crippen LogP contribution in [0.15, 0.2) is 109 Å². The molecular formula is C39H48FN5O2S. The summed E-state index contributed by atoms with van der Waals surface area (Å²) in [5.74, 6) is -0.441. The SMILES string of the molecule is C#C.C=C(NC(Cc1ccccc1)C(O)CN(CC(C)C)Sc1ccc(N)cc1)c1ccc(C(=O)Nc2ccc(F)cc2N)cc1.CC. The van der Waals surface area contributed by atoms with Gasteiger partial charge >= 0.3 is 0 Å². The molecule has 1 amide bonds. The molecule has 0 spiro atoms. The van der Waals surface area contributed by atoms with Crippen molar-refractivity contribution in [1.82, 2.24) is 9.62 Å². The number of benzene rings is 4. The van der Waals surface area contributed by atoms with Crippen molar-refractivity contribution in [2.75, 3.05) is 29.9 Å². The van der Waals surface area contributed by atoms with Crippen LogP contribution in [0.3, 0.4) is 0 Å². The highest BCUT2D eigenvalue weighted by molar-refractivity contribution is 7.97. The van der Waals surface area contributed by atoms with Gasteiger partial charge < -0.3 is 27.2 Å². The molecule has 0 aliphatic heterocycles. The number of anilines is 3. The number of aliphatic hydroxyl groups excluding tert-OH is 1. The van der Waals surface area contributed by atoms with Crippen LogP contribution in [0.25, 0.3) is 5.70 Å². The molecule has 0 saturated heterocycles. The number of hydrogen-bond donors (Lipinski definition) is 5. The number of nitrogens with two attached hydrogens (primary N) is 2. The average molecular weight is 670 g/mol. The summed E-state index contributed by atoms with van der Waals surface area (Å²) in [4.78, 5) is 13.8. The van der Waals surface area contributed by atoms with Gasteiger partial charge in [-0.05, 0) is 90.0 Å². The van der Waals surface area contributed by atoms with Crippen molar-refractivity contribution in [3.05, 3.63) is 126 Å². The molecular weight excluding hydrogens is 622 g/mol. The van der Waals surface area contributed by atoms with Gasteiger partial charge in [0.2, 0.25) is 0 Å². The number of terminal acetylenes is 1. The van der Waals surface area contributed by atoms with E-state index in [9.17, 15) is 14.3 Å². The minimum Gasteiger partial charge on any atom is -0.399 e. The summed E-state index contributed by atoms with van der Waals surface area (Å²) in [6, 6.07) is 28.2. The Morgan fingerprint density at radius 3 is 2.10 bits per heavy atom. The number of rotatable bonds is 14. The maximum absolute atomic E-state index is 13.4. The van der Waals surface area contributed by atoms with E-state index in [1.54, 1.807) is 36.2 Å². The highest BCUT2D eigenvalue weighted by atomic mass is 32.2. The number of nitrogens with one attached hydrogen (secondary N) is 2. The molecule has 0 heterocycles. The summed E-state index contributed by atoms with van der Waals surface area (Å²) in [7, 11) is 0. The Kier molecular flexibility index (Phi) is 16.8. The van der Waals surface area contributed by atoms with Gasteiger partial charge in [-0.25, -0.2) is 8.70 Å². The third-order valence-corrected chi connectivity index (χ3v) is 7.99. The van der Waals surface area contributed by atoms with E-state index in [1.807, 2.05) is 68.4 Å². The maximum atomic E-state index is 13.4. The second-order valence-corrected chi connectivity index (χ2v) is 12.3. The molecule has 0 aliphatic rings. The van der Waals surface area contributed by atoms with Crippen molar-refractivity contribution in [3.63, 3.8) is 0 Å². The summed E-state index contributed by atoms with van der Waals surface area (Å²) in [6.45, 7) is 13.8.